The minimum Gasteiger partial charge on any atom is -0.477 e. The van der Waals surface area contributed by atoms with Gasteiger partial charge in [-0.3, -0.25) is 9.59 Å². The summed E-state index contributed by atoms with van der Waals surface area (Å²) in [6, 6.07) is -0.626. The van der Waals surface area contributed by atoms with Crippen LogP contribution >= 0.6 is 0 Å². The first-order chi connectivity index (χ1) is 23.6. The van der Waals surface area contributed by atoms with E-state index in [1.165, 1.54) is 0 Å². The van der Waals surface area contributed by atoms with Crippen molar-refractivity contribution in [1.29, 1.82) is 0 Å². The monoisotopic (exact) mass is 686 g/mol. The Bertz CT molecular complexity index is 1030. The summed E-state index contributed by atoms with van der Waals surface area (Å²) in [5.74, 6) is -1.57. The molecule has 0 rings (SSSR count). The molecule has 8 heteroatoms. The molecule has 0 aromatic rings. The number of unbranched alkanes of at least 4 members (excludes halogenated alkanes) is 5. The summed E-state index contributed by atoms with van der Waals surface area (Å²) in [7, 11) is 5.48. The molecule has 0 aliphatic rings. The number of carbonyl (C=O) groups is 3. The fourth-order valence-corrected chi connectivity index (χ4v) is 4.76. The number of carboxylic acids is 1. The highest BCUT2D eigenvalue weighted by atomic mass is 16.6. The van der Waals surface area contributed by atoms with Gasteiger partial charge in [0.25, 0.3) is 0 Å². The standard InChI is InChI=1S/C41H67NO7/c1-6-8-10-12-14-16-17-18-19-20-21-22-24-25-27-29-31-39(43)48-36-37(35-47-34-33-38(41(45)46)42(3,4)5)49-40(44)32-30-28-26-23-15-13-11-9-7-2/h8-11,14-16,18-19,21-23,37-38H,6-7,12-13,17,20,24-36H2,1-5H3/p+1/b10-8+,11-9+,16-14+,19-18+,22-21+,23-15+. The predicted molar refractivity (Wildman–Crippen MR) is 201 cm³/mol. The number of esters is 2. The minimum atomic E-state index is -0.890. The first kappa shape index (κ1) is 45.8. The van der Waals surface area contributed by atoms with Crippen LogP contribution in [0.4, 0.5) is 0 Å². The molecule has 49 heavy (non-hydrogen) atoms. The molecule has 2 atom stereocenters. The van der Waals surface area contributed by atoms with Crippen LogP contribution in [0.5, 0.6) is 0 Å². The molecular weight excluding hydrogens is 618 g/mol. The highest BCUT2D eigenvalue weighted by Crippen LogP contribution is 2.11. The SMILES string of the molecule is CC/C=C/C/C=C/C/C=C/C/C=C/CCCCCC(=O)OCC(COCCC(C(=O)O)[N+](C)(C)C)OC(=O)CCCC/C=C/C/C=C/CC. The Morgan fingerprint density at radius 3 is 1.59 bits per heavy atom. The van der Waals surface area contributed by atoms with E-state index >= 15 is 0 Å². The van der Waals surface area contributed by atoms with Crippen LogP contribution in [0, 0.1) is 0 Å². The van der Waals surface area contributed by atoms with Gasteiger partial charge in [0, 0.05) is 19.3 Å². The third-order valence-electron chi connectivity index (χ3n) is 7.60. The number of likely N-dealkylation sites (N-methyl/N-ethyl adjacent to an activating group) is 1. The topological polar surface area (TPSA) is 99.1 Å². The van der Waals surface area contributed by atoms with Crippen molar-refractivity contribution in [2.24, 2.45) is 0 Å². The molecular formula is C41H68NO7+. The zero-order valence-electron chi connectivity index (χ0n) is 31.4. The summed E-state index contributed by atoms with van der Waals surface area (Å²) < 4.78 is 17.1. The fraction of sp³-hybridized carbons (Fsp3) is 0.634. The predicted octanol–water partition coefficient (Wildman–Crippen LogP) is 9.24. The van der Waals surface area contributed by atoms with Crippen LogP contribution in [0.3, 0.4) is 0 Å². The van der Waals surface area contributed by atoms with E-state index in [0.29, 0.717) is 19.3 Å². The number of ether oxygens (including phenoxy) is 3. The quantitative estimate of drug-likeness (QED) is 0.0336. The zero-order chi connectivity index (χ0) is 36.4. The van der Waals surface area contributed by atoms with Gasteiger partial charge < -0.3 is 23.8 Å². The van der Waals surface area contributed by atoms with Gasteiger partial charge in [0.1, 0.15) is 6.61 Å². The maximum Gasteiger partial charge on any atom is 0.362 e. The summed E-state index contributed by atoms with van der Waals surface area (Å²) in [4.78, 5) is 36.7. The van der Waals surface area contributed by atoms with Crippen LogP contribution in [-0.2, 0) is 28.6 Å². The van der Waals surface area contributed by atoms with Crippen molar-refractivity contribution in [3.05, 3.63) is 72.9 Å². The Hall–Kier alpha value is -3.23. The molecule has 0 aromatic heterocycles. The second kappa shape index (κ2) is 32.0. The van der Waals surface area contributed by atoms with Crippen molar-refractivity contribution < 1.29 is 38.2 Å². The number of hydrogen-bond donors (Lipinski definition) is 1. The molecule has 0 aliphatic carbocycles. The van der Waals surface area contributed by atoms with Crippen LogP contribution in [-0.4, -0.2) is 80.6 Å². The number of carboxylic acid groups (broad SMARTS) is 1. The highest BCUT2D eigenvalue weighted by molar-refractivity contribution is 5.72. The molecule has 0 amide bonds. The summed E-state index contributed by atoms with van der Waals surface area (Å²) in [6.45, 7) is 4.38. The van der Waals surface area contributed by atoms with Gasteiger partial charge in [0.15, 0.2) is 12.1 Å². The van der Waals surface area contributed by atoms with Crippen molar-refractivity contribution in [3.63, 3.8) is 0 Å². The largest absolute Gasteiger partial charge is 0.477 e. The minimum absolute atomic E-state index is 0.0331. The average molecular weight is 687 g/mol. The van der Waals surface area contributed by atoms with Gasteiger partial charge in [-0.25, -0.2) is 4.79 Å². The molecule has 0 aromatic carbocycles. The number of allylic oxidation sites excluding steroid dienone is 12. The number of nitrogens with zero attached hydrogens (tertiary/aromatic N) is 1. The van der Waals surface area contributed by atoms with Crippen molar-refractivity contribution in [1.82, 2.24) is 0 Å². The van der Waals surface area contributed by atoms with Gasteiger partial charge in [-0.15, -0.1) is 0 Å². The van der Waals surface area contributed by atoms with Crippen LogP contribution < -0.4 is 0 Å². The fourth-order valence-electron chi connectivity index (χ4n) is 4.76. The first-order valence-corrected chi connectivity index (χ1v) is 18.5. The van der Waals surface area contributed by atoms with Gasteiger partial charge >= 0.3 is 17.9 Å². The number of hydrogen-bond acceptors (Lipinski definition) is 6. The lowest BCUT2D eigenvalue weighted by atomic mass is 10.1. The van der Waals surface area contributed by atoms with Crippen LogP contribution in [0.2, 0.25) is 0 Å². The van der Waals surface area contributed by atoms with Gasteiger partial charge in [-0.05, 0) is 77.0 Å². The number of quaternary nitrogens is 1. The Morgan fingerprint density at radius 1 is 0.612 bits per heavy atom. The van der Waals surface area contributed by atoms with Crippen molar-refractivity contribution in [2.75, 3.05) is 41.0 Å². The van der Waals surface area contributed by atoms with E-state index in [0.717, 1.165) is 77.0 Å². The average Bonchev–Trinajstić information content (AvgIpc) is 3.05. The maximum atomic E-state index is 12.6. The van der Waals surface area contributed by atoms with E-state index < -0.39 is 18.1 Å². The Balaban J connectivity index is 4.50. The van der Waals surface area contributed by atoms with Gasteiger partial charge in [-0.1, -0.05) is 93.2 Å². The first-order valence-electron chi connectivity index (χ1n) is 18.5. The van der Waals surface area contributed by atoms with Crippen molar-refractivity contribution >= 4 is 17.9 Å². The molecule has 278 valence electrons. The van der Waals surface area contributed by atoms with E-state index in [2.05, 4.69) is 86.8 Å². The number of aliphatic carboxylic acids is 1. The second-order valence-corrected chi connectivity index (χ2v) is 13.1. The lowest BCUT2D eigenvalue weighted by Crippen LogP contribution is -2.50. The van der Waals surface area contributed by atoms with E-state index in [9.17, 15) is 19.5 Å². The van der Waals surface area contributed by atoms with Gasteiger partial charge in [0.2, 0.25) is 0 Å². The molecule has 0 saturated heterocycles. The van der Waals surface area contributed by atoms with Gasteiger partial charge in [-0.2, -0.15) is 0 Å². The molecule has 0 aliphatic heterocycles. The Kier molecular flexibility index (Phi) is 29.9. The third-order valence-corrected chi connectivity index (χ3v) is 7.60. The molecule has 0 spiro atoms. The van der Waals surface area contributed by atoms with Gasteiger partial charge in [0.05, 0.1) is 34.4 Å². The Labute approximate surface area is 298 Å². The summed E-state index contributed by atoms with van der Waals surface area (Å²) in [6.07, 6.45) is 38.2. The van der Waals surface area contributed by atoms with Crippen LogP contribution in [0.15, 0.2) is 72.9 Å². The highest BCUT2D eigenvalue weighted by Gasteiger charge is 2.31. The van der Waals surface area contributed by atoms with Crippen LogP contribution in [0.1, 0.15) is 117 Å². The lowest BCUT2D eigenvalue weighted by Gasteiger charge is -2.31. The lowest BCUT2D eigenvalue weighted by molar-refractivity contribution is -0.887. The molecule has 0 radical (unpaired) electrons. The summed E-state index contributed by atoms with van der Waals surface area (Å²) in [5.41, 5.74) is 0. The summed E-state index contributed by atoms with van der Waals surface area (Å²) >= 11 is 0. The Morgan fingerprint density at radius 2 is 1.08 bits per heavy atom. The number of rotatable bonds is 31. The van der Waals surface area contributed by atoms with Crippen LogP contribution in [0.25, 0.3) is 0 Å². The maximum absolute atomic E-state index is 12.6. The van der Waals surface area contributed by atoms with Crippen molar-refractivity contribution in [3.8, 4) is 0 Å². The smallest absolute Gasteiger partial charge is 0.362 e. The van der Waals surface area contributed by atoms with E-state index in [-0.39, 0.29) is 42.7 Å². The molecule has 8 nitrogen and oxygen atoms in total. The van der Waals surface area contributed by atoms with E-state index in [4.69, 9.17) is 14.2 Å². The van der Waals surface area contributed by atoms with Crippen molar-refractivity contribution in [2.45, 2.75) is 129 Å². The summed E-state index contributed by atoms with van der Waals surface area (Å²) in [5, 5.41) is 9.56. The normalized spacial score (nSPS) is 13.9. The second-order valence-electron chi connectivity index (χ2n) is 13.1. The molecule has 1 N–H and O–H groups in total. The molecule has 0 saturated carbocycles. The number of carbonyl (C=O) groups excluding carboxylic acids is 2. The van der Waals surface area contributed by atoms with E-state index in [1.807, 2.05) is 21.1 Å². The van der Waals surface area contributed by atoms with E-state index in [1.54, 1.807) is 0 Å². The molecule has 0 heterocycles. The molecule has 0 fully saturated rings. The zero-order valence-corrected chi connectivity index (χ0v) is 31.4. The molecule has 2 unspecified atom stereocenters. The molecule has 0 bridgehead atoms. The third kappa shape index (κ3) is 30.6.